The Hall–Kier alpha value is -1.77. The van der Waals surface area contributed by atoms with Crippen LogP contribution < -0.4 is 11.1 Å². The number of nitrogen functional groups attached to an aromatic ring is 1. The highest BCUT2D eigenvalue weighted by atomic mass is 14.9. The normalized spacial score (nSPS) is 12.9. The van der Waals surface area contributed by atoms with Gasteiger partial charge >= 0.3 is 0 Å². The van der Waals surface area contributed by atoms with Crippen LogP contribution in [-0.2, 0) is 0 Å². The molecule has 2 rings (SSSR count). The van der Waals surface area contributed by atoms with Crippen molar-refractivity contribution >= 4 is 22.1 Å². The van der Waals surface area contributed by atoms with E-state index in [1.54, 1.807) is 0 Å². The van der Waals surface area contributed by atoms with E-state index in [4.69, 9.17) is 5.73 Å². The van der Waals surface area contributed by atoms with Gasteiger partial charge in [0.1, 0.15) is 0 Å². The first-order valence-electron chi connectivity index (χ1n) is 6.40. The van der Waals surface area contributed by atoms with Gasteiger partial charge in [0, 0.05) is 40.1 Å². The molecule has 1 atom stereocenters. The van der Waals surface area contributed by atoms with Crippen molar-refractivity contribution in [1.29, 1.82) is 0 Å². The van der Waals surface area contributed by atoms with E-state index >= 15 is 0 Å². The number of nitrogens with one attached hydrogen (secondary N) is 1. The summed E-state index contributed by atoms with van der Waals surface area (Å²) in [7, 11) is 0. The smallest absolute Gasteiger partial charge is 0.0424 e. The Labute approximate surface area is 108 Å². The number of rotatable bonds is 3. The molecular formula is C15H21N3. The maximum atomic E-state index is 6.00. The fraction of sp³-hybridized carbons (Fsp3) is 0.400. The van der Waals surface area contributed by atoms with Crippen LogP contribution in [0.3, 0.4) is 0 Å². The Bertz CT molecular complexity index is 561. The third-order valence-electron chi connectivity index (χ3n) is 3.45. The topological polar surface area (TPSA) is 50.9 Å². The zero-order chi connectivity index (χ0) is 13.3. The zero-order valence-electron chi connectivity index (χ0n) is 11.5. The van der Waals surface area contributed by atoms with Crippen LogP contribution in [0.5, 0.6) is 0 Å². The number of nitrogens with two attached hydrogens (primary N) is 1. The number of nitrogens with zero attached hydrogens (tertiary/aromatic N) is 1. The van der Waals surface area contributed by atoms with E-state index in [-0.39, 0.29) is 0 Å². The lowest BCUT2D eigenvalue weighted by Crippen LogP contribution is -2.21. The summed E-state index contributed by atoms with van der Waals surface area (Å²) in [4.78, 5) is 4.32. The molecule has 18 heavy (non-hydrogen) atoms. The third-order valence-corrected chi connectivity index (χ3v) is 3.45. The summed E-state index contributed by atoms with van der Waals surface area (Å²) < 4.78 is 0. The molecule has 0 saturated carbocycles. The van der Waals surface area contributed by atoms with Crippen LogP contribution in [-0.4, -0.2) is 11.0 Å². The van der Waals surface area contributed by atoms with Crippen molar-refractivity contribution in [2.24, 2.45) is 5.92 Å². The fourth-order valence-electron chi connectivity index (χ4n) is 1.90. The molecule has 0 aliphatic rings. The quantitative estimate of drug-likeness (QED) is 0.810. The molecule has 0 radical (unpaired) electrons. The molecule has 3 heteroatoms. The number of fused-ring (bicyclic) bond motifs is 1. The molecule has 3 nitrogen and oxygen atoms in total. The maximum absolute atomic E-state index is 6.00. The summed E-state index contributed by atoms with van der Waals surface area (Å²) in [6.45, 7) is 8.62. The van der Waals surface area contributed by atoms with Gasteiger partial charge in [-0.1, -0.05) is 13.8 Å². The molecule has 3 N–H and O–H groups in total. The average Bonchev–Trinajstić information content (AvgIpc) is 2.32. The molecule has 2 aromatic rings. The summed E-state index contributed by atoms with van der Waals surface area (Å²) in [5, 5.41) is 5.72. The zero-order valence-corrected chi connectivity index (χ0v) is 11.5. The lowest BCUT2D eigenvalue weighted by molar-refractivity contribution is 0.560. The number of aromatic nitrogens is 1. The van der Waals surface area contributed by atoms with Crippen LogP contribution in [0.15, 0.2) is 24.4 Å². The van der Waals surface area contributed by atoms with Gasteiger partial charge in [-0.25, -0.2) is 0 Å². The van der Waals surface area contributed by atoms with Gasteiger partial charge in [0.05, 0.1) is 0 Å². The van der Waals surface area contributed by atoms with E-state index in [1.165, 1.54) is 0 Å². The third kappa shape index (κ3) is 2.40. The van der Waals surface area contributed by atoms with Crippen LogP contribution in [0.2, 0.25) is 0 Å². The molecule has 1 unspecified atom stereocenters. The summed E-state index contributed by atoms with van der Waals surface area (Å²) in [6.07, 6.45) is 1.85. The van der Waals surface area contributed by atoms with E-state index in [2.05, 4.69) is 43.2 Å². The molecule has 0 spiro atoms. The van der Waals surface area contributed by atoms with Gasteiger partial charge in [-0.05, 0) is 38.0 Å². The van der Waals surface area contributed by atoms with Gasteiger partial charge in [-0.3, -0.25) is 4.98 Å². The Kier molecular flexibility index (Phi) is 3.41. The highest BCUT2D eigenvalue weighted by molar-refractivity contribution is 6.00. The first kappa shape index (κ1) is 12.7. The van der Waals surface area contributed by atoms with Crippen molar-refractivity contribution < 1.29 is 0 Å². The fourth-order valence-corrected chi connectivity index (χ4v) is 1.90. The summed E-state index contributed by atoms with van der Waals surface area (Å²) in [6, 6.07) is 6.50. The van der Waals surface area contributed by atoms with Crippen LogP contribution in [0.4, 0.5) is 11.4 Å². The lowest BCUT2D eigenvalue weighted by atomic mass is 10.0. The van der Waals surface area contributed by atoms with Crippen molar-refractivity contribution in [3.8, 4) is 0 Å². The van der Waals surface area contributed by atoms with E-state index in [0.29, 0.717) is 12.0 Å². The number of pyridine rings is 1. The summed E-state index contributed by atoms with van der Waals surface area (Å²) >= 11 is 0. The van der Waals surface area contributed by atoms with Gasteiger partial charge < -0.3 is 11.1 Å². The highest BCUT2D eigenvalue weighted by Gasteiger charge is 2.10. The highest BCUT2D eigenvalue weighted by Crippen LogP contribution is 2.29. The number of hydrogen-bond donors (Lipinski definition) is 2. The minimum atomic E-state index is 0.422. The van der Waals surface area contributed by atoms with Gasteiger partial charge in [-0.2, -0.15) is 0 Å². The molecule has 1 heterocycles. The molecule has 96 valence electrons. The van der Waals surface area contributed by atoms with Crippen molar-refractivity contribution in [3.05, 3.63) is 30.1 Å². The molecular weight excluding hydrogens is 222 g/mol. The van der Waals surface area contributed by atoms with E-state index in [1.807, 2.05) is 19.2 Å². The molecule has 0 fully saturated rings. The molecule has 0 aliphatic heterocycles. The Morgan fingerprint density at radius 2 is 1.89 bits per heavy atom. The second kappa shape index (κ2) is 4.84. The van der Waals surface area contributed by atoms with E-state index < -0.39 is 0 Å². The van der Waals surface area contributed by atoms with Crippen LogP contribution in [0.25, 0.3) is 10.8 Å². The van der Waals surface area contributed by atoms with Crippen LogP contribution in [0.1, 0.15) is 26.5 Å². The van der Waals surface area contributed by atoms with Gasteiger partial charge in [0.15, 0.2) is 0 Å². The SMILES string of the molecule is Cc1cc2c(NC(C)C(C)C)ccc(N)c2cn1. The standard InChI is InChI=1S/C15H21N3/c1-9(2)11(4)18-15-6-5-14(16)13-8-17-10(3)7-12(13)15/h5-9,11,18H,16H2,1-4H3. The lowest BCUT2D eigenvalue weighted by Gasteiger charge is -2.20. The van der Waals surface area contributed by atoms with Crippen molar-refractivity contribution in [1.82, 2.24) is 4.98 Å². The van der Waals surface area contributed by atoms with Crippen molar-refractivity contribution in [2.45, 2.75) is 33.7 Å². The first-order valence-corrected chi connectivity index (χ1v) is 6.40. The van der Waals surface area contributed by atoms with Gasteiger partial charge in [0.25, 0.3) is 0 Å². The van der Waals surface area contributed by atoms with E-state index in [9.17, 15) is 0 Å². The Morgan fingerprint density at radius 3 is 2.56 bits per heavy atom. The predicted molar refractivity (Wildman–Crippen MR) is 78.8 cm³/mol. The Balaban J connectivity index is 2.51. The summed E-state index contributed by atoms with van der Waals surface area (Å²) in [5.41, 5.74) is 8.91. The number of benzene rings is 1. The van der Waals surface area contributed by atoms with Crippen LogP contribution in [0, 0.1) is 12.8 Å². The molecule has 1 aromatic carbocycles. The second-order valence-electron chi connectivity index (χ2n) is 5.25. The second-order valence-corrected chi connectivity index (χ2v) is 5.25. The number of aryl methyl sites for hydroxylation is 1. The molecule has 0 amide bonds. The summed E-state index contributed by atoms with van der Waals surface area (Å²) in [5.74, 6) is 0.584. The maximum Gasteiger partial charge on any atom is 0.0424 e. The van der Waals surface area contributed by atoms with Gasteiger partial charge in [-0.15, -0.1) is 0 Å². The average molecular weight is 243 g/mol. The number of anilines is 2. The monoisotopic (exact) mass is 243 g/mol. The minimum absolute atomic E-state index is 0.422. The van der Waals surface area contributed by atoms with E-state index in [0.717, 1.165) is 27.8 Å². The van der Waals surface area contributed by atoms with Crippen molar-refractivity contribution in [2.75, 3.05) is 11.1 Å². The van der Waals surface area contributed by atoms with Crippen molar-refractivity contribution in [3.63, 3.8) is 0 Å². The minimum Gasteiger partial charge on any atom is -0.398 e. The van der Waals surface area contributed by atoms with Gasteiger partial charge in [0.2, 0.25) is 0 Å². The van der Waals surface area contributed by atoms with Crippen LogP contribution >= 0.6 is 0 Å². The molecule has 1 aromatic heterocycles. The number of hydrogen-bond acceptors (Lipinski definition) is 3. The predicted octanol–water partition coefficient (Wildman–Crippen LogP) is 3.58. The Morgan fingerprint density at radius 1 is 1.17 bits per heavy atom. The first-order chi connectivity index (χ1) is 8.49. The largest absolute Gasteiger partial charge is 0.398 e. The molecule has 0 saturated heterocycles. The molecule has 0 bridgehead atoms. The molecule has 0 aliphatic carbocycles.